The van der Waals surface area contributed by atoms with Crippen molar-refractivity contribution in [2.24, 2.45) is 0 Å². The molecule has 0 saturated carbocycles. The van der Waals surface area contributed by atoms with Crippen LogP contribution in [-0.2, 0) is 12.4 Å². The van der Waals surface area contributed by atoms with Crippen LogP contribution in [0.1, 0.15) is 11.1 Å². The molecule has 0 radical (unpaired) electrons. The maximum Gasteiger partial charge on any atom is 2.00 e. The fourth-order valence-corrected chi connectivity index (χ4v) is 1.77. The summed E-state index contributed by atoms with van der Waals surface area (Å²) >= 11 is 2.81. The fraction of sp³-hybridized carbons (Fsp3) is 0.143. The van der Waals surface area contributed by atoms with Crippen molar-refractivity contribution in [1.82, 2.24) is 0 Å². The van der Waals surface area contributed by atoms with Gasteiger partial charge in [0.05, 0.1) is 5.56 Å². The summed E-state index contributed by atoms with van der Waals surface area (Å²) in [6.45, 7) is 0. The van der Waals surface area contributed by atoms with Gasteiger partial charge in [0.1, 0.15) is 0 Å². The van der Waals surface area contributed by atoms with Crippen LogP contribution in [0.4, 0.5) is 26.3 Å². The molecule has 2 aromatic carbocycles. The van der Waals surface area contributed by atoms with E-state index in [0.717, 1.165) is 12.1 Å². The smallest absolute Gasteiger partial charge is 1.00 e. The van der Waals surface area contributed by atoms with Gasteiger partial charge in [0, 0.05) is 4.47 Å². The Morgan fingerprint density at radius 1 is 0.783 bits per heavy atom. The molecule has 0 aromatic heterocycles. The maximum absolute atomic E-state index is 12.0. The molecule has 122 valence electrons. The molecule has 0 unspecified atom stereocenters. The first-order valence-corrected chi connectivity index (χ1v) is 6.27. The average molecular weight is 474 g/mol. The molecule has 2 aromatic rings. The van der Waals surface area contributed by atoms with Crippen LogP contribution in [0.3, 0.4) is 0 Å². The quantitative estimate of drug-likeness (QED) is 0.313. The molecule has 0 aliphatic rings. The SMILES string of the molecule is FC(F)(F)c1[c-]cccc1.FC(F)(F)c1ccccc1Br.[Br-].[Mg+2]. The number of benzene rings is 2. The predicted octanol–water partition coefficient (Wildman–Crippen LogP) is 2.60. The Hall–Kier alpha value is -0.254. The molecule has 23 heavy (non-hydrogen) atoms. The summed E-state index contributed by atoms with van der Waals surface area (Å²) in [5.41, 5.74) is -1.37. The van der Waals surface area contributed by atoms with Gasteiger partial charge in [-0.15, -0.1) is 0 Å². The second-order valence-electron chi connectivity index (χ2n) is 3.75. The molecule has 0 spiro atoms. The largest absolute Gasteiger partial charge is 2.00 e. The van der Waals surface area contributed by atoms with Gasteiger partial charge in [-0.1, -0.05) is 33.6 Å². The van der Waals surface area contributed by atoms with E-state index in [-0.39, 0.29) is 44.5 Å². The summed E-state index contributed by atoms with van der Waals surface area (Å²) in [7, 11) is 0. The molecular formula is C14H8Br2F6Mg. The zero-order valence-corrected chi connectivity index (χ0v) is 15.9. The Balaban J connectivity index is 0. The molecule has 0 saturated heterocycles. The first-order valence-electron chi connectivity index (χ1n) is 5.48. The number of alkyl halides is 6. The van der Waals surface area contributed by atoms with E-state index in [9.17, 15) is 26.3 Å². The summed E-state index contributed by atoms with van der Waals surface area (Å²) < 4.78 is 71.4. The summed E-state index contributed by atoms with van der Waals surface area (Å²) in [6.07, 6.45) is -8.53. The van der Waals surface area contributed by atoms with Gasteiger partial charge in [-0.3, -0.25) is 0 Å². The molecule has 2 rings (SSSR count). The standard InChI is InChI=1S/C7H4BrF3.C7H4F3.BrH.Mg/c8-6-4-2-1-3-5(6)7(9,10)11;8-7(9,10)6-4-2-1-3-5-6;;/h1-4H;1-4H;1H;/q;-1;;+2/p-1. The molecule has 0 bridgehead atoms. The molecule has 9 heteroatoms. The van der Waals surface area contributed by atoms with Crippen molar-refractivity contribution in [1.29, 1.82) is 0 Å². The topological polar surface area (TPSA) is 0 Å². The molecule has 0 nitrogen and oxygen atoms in total. The van der Waals surface area contributed by atoms with Gasteiger partial charge < -0.3 is 17.0 Å². The van der Waals surface area contributed by atoms with Crippen LogP contribution in [0.15, 0.2) is 53.0 Å². The van der Waals surface area contributed by atoms with Gasteiger partial charge in [0.2, 0.25) is 0 Å². The van der Waals surface area contributed by atoms with Crippen LogP contribution in [-0.4, -0.2) is 23.1 Å². The Labute approximate surface area is 164 Å². The molecule has 0 aliphatic carbocycles. The summed E-state index contributed by atoms with van der Waals surface area (Å²) in [6, 6.07) is 12.4. The molecule has 0 atom stereocenters. The molecule has 0 amide bonds. The Morgan fingerprint density at radius 2 is 1.30 bits per heavy atom. The van der Waals surface area contributed by atoms with Crippen molar-refractivity contribution in [3.05, 3.63) is 70.2 Å². The van der Waals surface area contributed by atoms with Crippen molar-refractivity contribution in [3.8, 4) is 0 Å². The predicted molar refractivity (Wildman–Crippen MR) is 75.2 cm³/mol. The zero-order valence-electron chi connectivity index (χ0n) is 11.3. The first kappa shape index (κ1) is 25.0. The fourth-order valence-electron chi connectivity index (χ4n) is 1.26. The van der Waals surface area contributed by atoms with Crippen molar-refractivity contribution < 1.29 is 43.3 Å². The van der Waals surface area contributed by atoms with Gasteiger partial charge in [0.15, 0.2) is 0 Å². The third-order valence-electron chi connectivity index (χ3n) is 2.19. The molecule has 0 fully saturated rings. The van der Waals surface area contributed by atoms with Crippen molar-refractivity contribution in [2.45, 2.75) is 12.4 Å². The van der Waals surface area contributed by atoms with Crippen LogP contribution in [0.5, 0.6) is 0 Å². The minimum atomic E-state index is -4.26. The van der Waals surface area contributed by atoms with E-state index in [4.69, 9.17) is 0 Å². The monoisotopic (exact) mass is 472 g/mol. The normalized spacial score (nSPS) is 10.6. The molecule has 0 heterocycles. The zero-order chi connectivity index (χ0) is 16.1. The number of hydrogen-bond donors (Lipinski definition) is 0. The third-order valence-corrected chi connectivity index (χ3v) is 2.89. The van der Waals surface area contributed by atoms with Crippen LogP contribution in [0.25, 0.3) is 0 Å². The summed E-state index contributed by atoms with van der Waals surface area (Å²) in [4.78, 5) is 0. The summed E-state index contributed by atoms with van der Waals surface area (Å²) in [5.74, 6) is 0. The minimum absolute atomic E-state index is 0. The third kappa shape index (κ3) is 8.97. The second kappa shape index (κ2) is 10.6. The number of halogens is 8. The van der Waals surface area contributed by atoms with Gasteiger partial charge in [-0.05, 0) is 12.1 Å². The van der Waals surface area contributed by atoms with Gasteiger partial charge in [-0.25, -0.2) is 0 Å². The maximum atomic E-state index is 12.0. The van der Waals surface area contributed by atoms with E-state index in [1.165, 1.54) is 30.3 Å². The number of rotatable bonds is 0. The van der Waals surface area contributed by atoms with Gasteiger partial charge in [-0.2, -0.15) is 56.7 Å². The van der Waals surface area contributed by atoms with Gasteiger partial charge >= 0.3 is 35.4 Å². The number of hydrogen-bond acceptors (Lipinski definition) is 0. The molecule has 0 N–H and O–H groups in total. The molecule has 0 aliphatic heterocycles. The van der Waals surface area contributed by atoms with E-state index in [0.29, 0.717) is 0 Å². The Morgan fingerprint density at radius 3 is 1.61 bits per heavy atom. The van der Waals surface area contributed by atoms with Crippen molar-refractivity contribution >= 4 is 39.0 Å². The van der Waals surface area contributed by atoms with Crippen LogP contribution >= 0.6 is 15.9 Å². The summed E-state index contributed by atoms with van der Waals surface area (Å²) in [5, 5.41) is 0. The first-order chi connectivity index (χ1) is 9.62. The van der Waals surface area contributed by atoms with Gasteiger partial charge in [0.25, 0.3) is 0 Å². The van der Waals surface area contributed by atoms with E-state index < -0.39 is 23.5 Å². The van der Waals surface area contributed by atoms with Crippen LogP contribution in [0.2, 0.25) is 0 Å². The minimum Gasteiger partial charge on any atom is -1.00 e. The Kier molecular flexibility index (Phi) is 11.5. The van der Waals surface area contributed by atoms with Crippen molar-refractivity contribution in [3.63, 3.8) is 0 Å². The van der Waals surface area contributed by atoms with Crippen molar-refractivity contribution in [2.75, 3.05) is 0 Å². The van der Waals surface area contributed by atoms with E-state index >= 15 is 0 Å². The van der Waals surface area contributed by atoms with E-state index in [2.05, 4.69) is 22.0 Å². The van der Waals surface area contributed by atoms with Crippen LogP contribution < -0.4 is 17.0 Å². The molecular weight excluding hydrogens is 466 g/mol. The average Bonchev–Trinajstić information content (AvgIpc) is 2.39. The Bertz CT molecular complexity index is 569. The van der Waals surface area contributed by atoms with E-state index in [1.54, 1.807) is 6.07 Å². The van der Waals surface area contributed by atoms with Crippen LogP contribution in [0, 0.1) is 6.07 Å². The second-order valence-corrected chi connectivity index (χ2v) is 4.61. The van der Waals surface area contributed by atoms with E-state index in [1.807, 2.05) is 0 Å².